The van der Waals surface area contributed by atoms with Gasteiger partial charge in [-0.15, -0.1) is 0 Å². The molecule has 0 saturated carbocycles. The second-order valence-corrected chi connectivity index (χ2v) is 4.89. The molecule has 0 aliphatic rings. The van der Waals surface area contributed by atoms with Crippen molar-refractivity contribution in [3.63, 3.8) is 0 Å². The van der Waals surface area contributed by atoms with Gasteiger partial charge in [0.2, 0.25) is 5.89 Å². The normalized spacial score (nSPS) is 11.8. The van der Waals surface area contributed by atoms with Crippen LogP contribution in [0.4, 0.5) is 5.69 Å². The first-order valence-corrected chi connectivity index (χ1v) is 5.88. The van der Waals surface area contributed by atoms with Crippen LogP contribution in [0.1, 0.15) is 19.7 Å². The molecule has 4 heteroatoms. The Hall–Kier alpha value is -1.55. The molecule has 1 heterocycles. The number of oxazole rings is 1. The van der Waals surface area contributed by atoms with Gasteiger partial charge < -0.3 is 10.2 Å². The lowest BCUT2D eigenvalue weighted by Crippen LogP contribution is -2.22. The molecule has 0 saturated heterocycles. The Morgan fingerprint density at radius 2 is 2.18 bits per heavy atom. The molecule has 0 amide bonds. The van der Waals surface area contributed by atoms with E-state index in [1.807, 2.05) is 18.2 Å². The Bertz CT molecular complexity index is 504. The molecule has 2 N–H and O–H groups in total. The van der Waals surface area contributed by atoms with Gasteiger partial charge in [-0.1, -0.05) is 19.9 Å². The highest BCUT2D eigenvalue weighted by atomic mass is 16.3. The SMILES string of the molecule is CC(C)CN(C)Cc1nc2c(N)cccc2o1. The predicted molar refractivity (Wildman–Crippen MR) is 69.6 cm³/mol. The summed E-state index contributed by atoms with van der Waals surface area (Å²) in [6.07, 6.45) is 0. The van der Waals surface area contributed by atoms with Crippen LogP contribution in [-0.4, -0.2) is 23.5 Å². The van der Waals surface area contributed by atoms with E-state index in [1.165, 1.54) is 0 Å². The first-order valence-electron chi connectivity index (χ1n) is 5.88. The Labute approximate surface area is 101 Å². The maximum absolute atomic E-state index is 5.84. The van der Waals surface area contributed by atoms with E-state index in [0.717, 1.165) is 23.5 Å². The maximum Gasteiger partial charge on any atom is 0.209 e. The lowest BCUT2D eigenvalue weighted by molar-refractivity contribution is 0.263. The third kappa shape index (κ3) is 2.77. The Balaban J connectivity index is 2.17. The van der Waals surface area contributed by atoms with Crippen LogP contribution >= 0.6 is 0 Å². The van der Waals surface area contributed by atoms with E-state index >= 15 is 0 Å². The van der Waals surface area contributed by atoms with Crippen molar-refractivity contribution in [1.82, 2.24) is 9.88 Å². The molecule has 0 atom stereocenters. The van der Waals surface area contributed by atoms with Crippen LogP contribution < -0.4 is 5.73 Å². The Morgan fingerprint density at radius 3 is 2.82 bits per heavy atom. The molecular formula is C13H19N3O. The monoisotopic (exact) mass is 233 g/mol. The second-order valence-electron chi connectivity index (χ2n) is 4.89. The molecule has 0 aliphatic heterocycles. The van der Waals surface area contributed by atoms with Crippen molar-refractivity contribution in [1.29, 1.82) is 0 Å². The molecule has 17 heavy (non-hydrogen) atoms. The highest BCUT2D eigenvalue weighted by Gasteiger charge is 2.10. The summed E-state index contributed by atoms with van der Waals surface area (Å²) in [5.74, 6) is 1.36. The van der Waals surface area contributed by atoms with Crippen LogP contribution in [0, 0.1) is 5.92 Å². The number of fused-ring (bicyclic) bond motifs is 1. The molecule has 4 nitrogen and oxygen atoms in total. The average molecular weight is 233 g/mol. The molecule has 1 aromatic heterocycles. The molecule has 92 valence electrons. The summed E-state index contributed by atoms with van der Waals surface area (Å²) in [6, 6.07) is 5.61. The van der Waals surface area contributed by atoms with Gasteiger partial charge in [-0.3, -0.25) is 4.90 Å². The smallest absolute Gasteiger partial charge is 0.209 e. The van der Waals surface area contributed by atoms with Crippen LogP contribution in [0.15, 0.2) is 22.6 Å². The standard InChI is InChI=1S/C13H19N3O/c1-9(2)7-16(3)8-12-15-13-10(14)5-4-6-11(13)17-12/h4-6,9H,7-8,14H2,1-3H3. The van der Waals surface area contributed by atoms with Gasteiger partial charge in [-0.05, 0) is 25.1 Å². The van der Waals surface area contributed by atoms with Gasteiger partial charge in [0.25, 0.3) is 0 Å². The van der Waals surface area contributed by atoms with Gasteiger partial charge in [0.1, 0.15) is 5.52 Å². The van der Waals surface area contributed by atoms with Crippen LogP contribution in [0.25, 0.3) is 11.1 Å². The first kappa shape index (κ1) is 11.9. The molecule has 2 rings (SSSR count). The van der Waals surface area contributed by atoms with Crippen molar-refractivity contribution >= 4 is 16.8 Å². The minimum Gasteiger partial charge on any atom is -0.439 e. The molecule has 1 aromatic carbocycles. The summed E-state index contributed by atoms with van der Waals surface area (Å²) in [5.41, 5.74) is 8.04. The number of anilines is 1. The average Bonchev–Trinajstić information content (AvgIpc) is 2.60. The summed E-state index contributed by atoms with van der Waals surface area (Å²) in [4.78, 5) is 6.63. The highest BCUT2D eigenvalue weighted by molar-refractivity contribution is 5.85. The van der Waals surface area contributed by atoms with Crippen molar-refractivity contribution in [2.45, 2.75) is 20.4 Å². The van der Waals surface area contributed by atoms with Gasteiger partial charge in [0.05, 0.1) is 12.2 Å². The van der Waals surface area contributed by atoms with Crippen molar-refractivity contribution in [3.8, 4) is 0 Å². The maximum atomic E-state index is 5.84. The molecule has 0 radical (unpaired) electrons. The zero-order valence-corrected chi connectivity index (χ0v) is 10.6. The lowest BCUT2D eigenvalue weighted by Gasteiger charge is -2.16. The lowest BCUT2D eigenvalue weighted by atomic mass is 10.2. The highest BCUT2D eigenvalue weighted by Crippen LogP contribution is 2.21. The number of aromatic nitrogens is 1. The first-order chi connectivity index (χ1) is 8.06. The summed E-state index contributed by atoms with van der Waals surface area (Å²) in [6.45, 7) is 6.13. The summed E-state index contributed by atoms with van der Waals surface area (Å²) in [7, 11) is 2.07. The van der Waals surface area contributed by atoms with Crippen molar-refractivity contribution in [2.75, 3.05) is 19.3 Å². The number of para-hydroxylation sites is 1. The quantitative estimate of drug-likeness (QED) is 0.824. The van der Waals surface area contributed by atoms with E-state index < -0.39 is 0 Å². The summed E-state index contributed by atoms with van der Waals surface area (Å²) < 4.78 is 5.67. The largest absolute Gasteiger partial charge is 0.439 e. The van der Waals surface area contributed by atoms with Gasteiger partial charge in [-0.25, -0.2) is 4.98 Å². The van der Waals surface area contributed by atoms with Crippen LogP contribution in [0.3, 0.4) is 0 Å². The number of nitrogen functional groups attached to an aromatic ring is 1. The van der Waals surface area contributed by atoms with Gasteiger partial charge >= 0.3 is 0 Å². The Kier molecular flexibility index (Phi) is 3.33. The third-order valence-corrected chi connectivity index (χ3v) is 2.58. The van der Waals surface area contributed by atoms with Gasteiger partial charge in [0, 0.05) is 6.54 Å². The van der Waals surface area contributed by atoms with Gasteiger partial charge in [-0.2, -0.15) is 0 Å². The molecule has 2 aromatic rings. The fourth-order valence-electron chi connectivity index (χ4n) is 2.00. The third-order valence-electron chi connectivity index (χ3n) is 2.58. The molecule has 0 bridgehead atoms. The van der Waals surface area contributed by atoms with E-state index in [-0.39, 0.29) is 0 Å². The summed E-state index contributed by atoms with van der Waals surface area (Å²) >= 11 is 0. The zero-order chi connectivity index (χ0) is 12.4. The number of hydrogen-bond acceptors (Lipinski definition) is 4. The molecule has 0 spiro atoms. The van der Waals surface area contributed by atoms with Crippen molar-refractivity contribution in [2.24, 2.45) is 5.92 Å². The Morgan fingerprint density at radius 1 is 1.41 bits per heavy atom. The number of hydrogen-bond donors (Lipinski definition) is 1. The van der Waals surface area contributed by atoms with E-state index in [0.29, 0.717) is 18.2 Å². The predicted octanol–water partition coefficient (Wildman–Crippen LogP) is 2.50. The number of benzene rings is 1. The topological polar surface area (TPSA) is 55.3 Å². The zero-order valence-electron chi connectivity index (χ0n) is 10.6. The summed E-state index contributed by atoms with van der Waals surface area (Å²) in [5, 5.41) is 0. The fourth-order valence-corrected chi connectivity index (χ4v) is 2.00. The fraction of sp³-hybridized carbons (Fsp3) is 0.462. The molecule has 0 fully saturated rings. The van der Waals surface area contributed by atoms with E-state index in [1.54, 1.807) is 0 Å². The minimum absolute atomic E-state index is 0.634. The number of nitrogens with zero attached hydrogens (tertiary/aromatic N) is 2. The molecule has 0 unspecified atom stereocenters. The minimum atomic E-state index is 0.634. The van der Waals surface area contributed by atoms with Crippen LogP contribution in [-0.2, 0) is 6.54 Å². The van der Waals surface area contributed by atoms with E-state index in [2.05, 4.69) is 30.8 Å². The van der Waals surface area contributed by atoms with Gasteiger partial charge in [0.15, 0.2) is 5.58 Å². The van der Waals surface area contributed by atoms with Crippen molar-refractivity contribution in [3.05, 3.63) is 24.1 Å². The molecular weight excluding hydrogens is 214 g/mol. The number of rotatable bonds is 4. The second kappa shape index (κ2) is 4.75. The van der Waals surface area contributed by atoms with Crippen LogP contribution in [0.5, 0.6) is 0 Å². The van der Waals surface area contributed by atoms with E-state index in [9.17, 15) is 0 Å². The molecule has 0 aliphatic carbocycles. The number of nitrogens with two attached hydrogens (primary N) is 1. The van der Waals surface area contributed by atoms with Crippen molar-refractivity contribution < 1.29 is 4.42 Å². The van der Waals surface area contributed by atoms with E-state index in [4.69, 9.17) is 10.2 Å². The van der Waals surface area contributed by atoms with Crippen LogP contribution in [0.2, 0.25) is 0 Å².